The van der Waals surface area contributed by atoms with Gasteiger partial charge in [-0.25, -0.2) is 0 Å². The van der Waals surface area contributed by atoms with Gasteiger partial charge in [0, 0.05) is 19.0 Å². The molecule has 0 radical (unpaired) electrons. The fraction of sp³-hybridized carbons (Fsp3) is 0.286. The van der Waals surface area contributed by atoms with Gasteiger partial charge in [0.2, 0.25) is 0 Å². The van der Waals surface area contributed by atoms with Gasteiger partial charge in [0.15, 0.2) is 0 Å². The van der Waals surface area contributed by atoms with Gasteiger partial charge in [0.25, 0.3) is 0 Å². The second-order valence-corrected chi connectivity index (χ2v) is 4.83. The summed E-state index contributed by atoms with van der Waals surface area (Å²) in [5.74, 6) is 0.991. The van der Waals surface area contributed by atoms with Crippen LogP contribution in [0.3, 0.4) is 0 Å². The largest absolute Gasteiger partial charge is 0.469 e. The van der Waals surface area contributed by atoms with Crippen molar-refractivity contribution in [2.45, 2.75) is 25.9 Å². The third kappa shape index (κ3) is 3.52. The zero-order chi connectivity index (χ0) is 13.0. The molecule has 96 valence electrons. The van der Waals surface area contributed by atoms with Gasteiger partial charge in [-0.05, 0) is 36.8 Å². The minimum atomic E-state index is 0.341. The summed E-state index contributed by atoms with van der Waals surface area (Å²) in [6.07, 6.45) is 2.57. The first-order valence-corrected chi connectivity index (χ1v) is 6.32. The summed E-state index contributed by atoms with van der Waals surface area (Å²) in [5, 5.41) is 4.02. The molecule has 2 rings (SSSR count). The number of nitrogen functional groups attached to an aromatic ring is 1. The summed E-state index contributed by atoms with van der Waals surface area (Å²) in [6.45, 7) is 2.89. The summed E-state index contributed by atoms with van der Waals surface area (Å²) in [4.78, 5) is 0. The maximum Gasteiger partial charge on any atom is 0.105 e. The highest BCUT2D eigenvalue weighted by molar-refractivity contribution is 6.33. The summed E-state index contributed by atoms with van der Waals surface area (Å²) in [6, 6.07) is 9.93. The second-order valence-electron chi connectivity index (χ2n) is 4.42. The number of hydrogen-bond donors (Lipinski definition) is 2. The van der Waals surface area contributed by atoms with Crippen LogP contribution in [-0.4, -0.2) is 6.04 Å². The molecule has 3 N–H and O–H groups in total. The van der Waals surface area contributed by atoms with Crippen molar-refractivity contribution in [1.29, 1.82) is 0 Å². The Hall–Kier alpha value is -1.45. The van der Waals surface area contributed by atoms with E-state index < -0.39 is 0 Å². The van der Waals surface area contributed by atoms with Crippen LogP contribution in [-0.2, 0) is 13.0 Å². The van der Waals surface area contributed by atoms with E-state index in [1.165, 1.54) is 0 Å². The van der Waals surface area contributed by atoms with E-state index in [1.807, 2.05) is 30.3 Å². The number of halogens is 1. The molecule has 0 amide bonds. The molecule has 2 aromatic rings. The minimum absolute atomic E-state index is 0.341. The Bertz CT molecular complexity index is 497. The van der Waals surface area contributed by atoms with Gasteiger partial charge in [-0.15, -0.1) is 0 Å². The maximum atomic E-state index is 5.88. The molecule has 1 unspecified atom stereocenters. The van der Waals surface area contributed by atoms with Crippen molar-refractivity contribution < 1.29 is 4.42 Å². The number of anilines is 1. The SMILES string of the molecule is CC(Cc1ccco1)NCc1ccc(Cl)c(N)c1. The van der Waals surface area contributed by atoms with Gasteiger partial charge in [-0.1, -0.05) is 17.7 Å². The zero-order valence-electron chi connectivity index (χ0n) is 10.3. The topological polar surface area (TPSA) is 51.2 Å². The van der Waals surface area contributed by atoms with Crippen molar-refractivity contribution in [2.75, 3.05) is 5.73 Å². The fourth-order valence-corrected chi connectivity index (χ4v) is 1.92. The van der Waals surface area contributed by atoms with Crippen LogP contribution < -0.4 is 11.1 Å². The van der Waals surface area contributed by atoms with E-state index in [0.29, 0.717) is 16.8 Å². The quantitative estimate of drug-likeness (QED) is 0.815. The highest BCUT2D eigenvalue weighted by Gasteiger charge is 2.05. The Balaban J connectivity index is 1.85. The first kappa shape index (κ1) is 13.0. The molecule has 0 fully saturated rings. The van der Waals surface area contributed by atoms with Crippen molar-refractivity contribution in [3.63, 3.8) is 0 Å². The van der Waals surface area contributed by atoms with Gasteiger partial charge in [0.1, 0.15) is 5.76 Å². The molecule has 0 spiro atoms. The van der Waals surface area contributed by atoms with Crippen LogP contribution >= 0.6 is 11.6 Å². The van der Waals surface area contributed by atoms with Crippen molar-refractivity contribution in [1.82, 2.24) is 5.32 Å². The normalized spacial score (nSPS) is 12.6. The Labute approximate surface area is 112 Å². The Morgan fingerprint density at radius 3 is 2.89 bits per heavy atom. The second kappa shape index (κ2) is 5.94. The van der Waals surface area contributed by atoms with Crippen LogP contribution in [0.5, 0.6) is 0 Å². The fourth-order valence-electron chi connectivity index (χ4n) is 1.80. The third-order valence-electron chi connectivity index (χ3n) is 2.80. The van der Waals surface area contributed by atoms with Gasteiger partial charge in [-0.3, -0.25) is 0 Å². The van der Waals surface area contributed by atoms with Crippen molar-refractivity contribution >= 4 is 17.3 Å². The average molecular weight is 265 g/mol. The number of hydrogen-bond acceptors (Lipinski definition) is 3. The smallest absolute Gasteiger partial charge is 0.105 e. The number of nitrogens with two attached hydrogens (primary N) is 1. The Morgan fingerprint density at radius 1 is 1.39 bits per heavy atom. The van der Waals surface area contributed by atoms with E-state index in [2.05, 4.69) is 12.2 Å². The van der Waals surface area contributed by atoms with E-state index >= 15 is 0 Å². The van der Waals surface area contributed by atoms with Gasteiger partial charge < -0.3 is 15.5 Å². The molecule has 1 atom stereocenters. The first-order chi connectivity index (χ1) is 8.65. The summed E-state index contributed by atoms with van der Waals surface area (Å²) >= 11 is 5.88. The molecule has 0 aliphatic carbocycles. The monoisotopic (exact) mass is 264 g/mol. The summed E-state index contributed by atoms with van der Waals surface area (Å²) in [5.41, 5.74) is 7.51. The maximum absolute atomic E-state index is 5.88. The standard InChI is InChI=1S/C14H17ClN2O/c1-10(7-12-3-2-6-18-12)17-9-11-4-5-13(15)14(16)8-11/h2-6,8,10,17H,7,9,16H2,1H3. The van der Waals surface area contributed by atoms with E-state index in [9.17, 15) is 0 Å². The van der Waals surface area contributed by atoms with Gasteiger partial charge in [0.05, 0.1) is 17.0 Å². The van der Waals surface area contributed by atoms with E-state index in [0.717, 1.165) is 24.3 Å². The van der Waals surface area contributed by atoms with Crippen LogP contribution in [0, 0.1) is 0 Å². The van der Waals surface area contributed by atoms with Crippen molar-refractivity contribution in [3.8, 4) is 0 Å². The Morgan fingerprint density at radius 2 is 2.22 bits per heavy atom. The number of rotatable bonds is 5. The molecule has 1 aromatic heterocycles. The van der Waals surface area contributed by atoms with Gasteiger partial charge in [-0.2, -0.15) is 0 Å². The lowest BCUT2D eigenvalue weighted by Gasteiger charge is -2.13. The molecule has 0 saturated heterocycles. The predicted molar refractivity (Wildman–Crippen MR) is 74.6 cm³/mol. The molecule has 1 aromatic carbocycles. The van der Waals surface area contributed by atoms with E-state index in [4.69, 9.17) is 21.8 Å². The average Bonchev–Trinajstić information content (AvgIpc) is 2.83. The molecular formula is C14H17ClN2O. The van der Waals surface area contributed by atoms with Crippen LogP contribution in [0.25, 0.3) is 0 Å². The van der Waals surface area contributed by atoms with E-state index in [-0.39, 0.29) is 0 Å². The Kier molecular flexibility index (Phi) is 4.28. The molecular weight excluding hydrogens is 248 g/mol. The molecule has 0 saturated carbocycles. The lowest BCUT2D eigenvalue weighted by molar-refractivity contribution is 0.456. The lowest BCUT2D eigenvalue weighted by atomic mass is 10.1. The first-order valence-electron chi connectivity index (χ1n) is 5.95. The minimum Gasteiger partial charge on any atom is -0.469 e. The van der Waals surface area contributed by atoms with Crippen molar-refractivity contribution in [2.24, 2.45) is 0 Å². The molecule has 0 aliphatic rings. The predicted octanol–water partition coefficient (Wildman–Crippen LogP) is 3.24. The van der Waals surface area contributed by atoms with Crippen LogP contribution in [0.1, 0.15) is 18.2 Å². The number of furan rings is 1. The highest BCUT2D eigenvalue weighted by atomic mass is 35.5. The zero-order valence-corrected chi connectivity index (χ0v) is 11.1. The molecule has 4 heteroatoms. The number of nitrogens with one attached hydrogen (secondary N) is 1. The van der Waals surface area contributed by atoms with Crippen molar-refractivity contribution in [3.05, 3.63) is 52.9 Å². The summed E-state index contributed by atoms with van der Waals surface area (Å²) < 4.78 is 5.31. The lowest BCUT2D eigenvalue weighted by Crippen LogP contribution is -2.27. The van der Waals surface area contributed by atoms with E-state index in [1.54, 1.807) is 6.26 Å². The van der Waals surface area contributed by atoms with Crippen LogP contribution in [0.4, 0.5) is 5.69 Å². The third-order valence-corrected chi connectivity index (χ3v) is 3.15. The molecule has 1 heterocycles. The number of benzene rings is 1. The summed E-state index contributed by atoms with van der Waals surface area (Å²) in [7, 11) is 0. The molecule has 18 heavy (non-hydrogen) atoms. The highest BCUT2D eigenvalue weighted by Crippen LogP contribution is 2.19. The molecule has 0 bridgehead atoms. The molecule has 3 nitrogen and oxygen atoms in total. The van der Waals surface area contributed by atoms with Crippen LogP contribution in [0.15, 0.2) is 41.0 Å². The van der Waals surface area contributed by atoms with Gasteiger partial charge >= 0.3 is 0 Å². The molecule has 0 aliphatic heterocycles. The van der Waals surface area contributed by atoms with Crippen LogP contribution in [0.2, 0.25) is 5.02 Å².